The number of hydrogen-bond acceptors (Lipinski definition) is 6. The summed E-state index contributed by atoms with van der Waals surface area (Å²) in [7, 11) is 3.23. The molecule has 0 amide bonds. The summed E-state index contributed by atoms with van der Waals surface area (Å²) in [5.41, 5.74) is 4.17. The molecule has 0 aliphatic carbocycles. The zero-order valence-electron chi connectivity index (χ0n) is 17.6. The van der Waals surface area contributed by atoms with Gasteiger partial charge in [-0.15, -0.1) is 0 Å². The normalized spacial score (nSPS) is 10.7. The second kappa shape index (κ2) is 8.83. The fourth-order valence-corrected chi connectivity index (χ4v) is 3.58. The highest BCUT2D eigenvalue weighted by atomic mass is 16.5. The summed E-state index contributed by atoms with van der Waals surface area (Å²) in [5, 5.41) is 0.766. The van der Waals surface area contributed by atoms with Crippen molar-refractivity contribution < 1.29 is 19.0 Å². The van der Waals surface area contributed by atoms with Gasteiger partial charge in [0, 0.05) is 34.5 Å². The first kappa shape index (κ1) is 20.3. The quantitative estimate of drug-likeness (QED) is 0.406. The van der Waals surface area contributed by atoms with Crippen molar-refractivity contribution in [3.05, 3.63) is 72.6 Å². The lowest BCUT2D eigenvalue weighted by atomic mass is 9.98. The molecule has 0 N–H and O–H groups in total. The summed E-state index contributed by atoms with van der Waals surface area (Å²) >= 11 is 0. The van der Waals surface area contributed by atoms with Crippen LogP contribution in [-0.2, 0) is 4.74 Å². The molecule has 0 atom stereocenters. The third-order valence-electron chi connectivity index (χ3n) is 5.01. The number of ether oxygens (including phenoxy) is 3. The molecule has 6 nitrogen and oxygen atoms in total. The Morgan fingerprint density at radius 3 is 2.35 bits per heavy atom. The summed E-state index contributed by atoms with van der Waals surface area (Å²) in [6.45, 7) is 2.05. The molecular formula is C25H22N2O4. The third kappa shape index (κ3) is 3.80. The Morgan fingerprint density at radius 2 is 1.65 bits per heavy atom. The number of pyridine rings is 2. The standard InChI is InChI=1S/C25H22N2O4/c1-4-31-25(28)19-15-27-24-18(9-7-11-22(24)30-3)23(19)20-13-12-16(14-26-20)17-8-5-6-10-21(17)29-2/h5-15H,4H2,1-3H3. The number of methoxy groups -OCH3 is 2. The van der Waals surface area contributed by atoms with Crippen LogP contribution in [0.3, 0.4) is 0 Å². The molecule has 4 rings (SSSR count). The van der Waals surface area contributed by atoms with Crippen LogP contribution in [0.15, 0.2) is 67.0 Å². The van der Waals surface area contributed by atoms with E-state index < -0.39 is 5.97 Å². The van der Waals surface area contributed by atoms with Crippen molar-refractivity contribution in [2.24, 2.45) is 0 Å². The molecule has 0 aliphatic rings. The zero-order chi connectivity index (χ0) is 21.8. The van der Waals surface area contributed by atoms with Gasteiger partial charge in [0.05, 0.1) is 32.1 Å². The lowest BCUT2D eigenvalue weighted by Gasteiger charge is -2.14. The van der Waals surface area contributed by atoms with Gasteiger partial charge in [-0.1, -0.05) is 36.4 Å². The molecule has 0 saturated heterocycles. The summed E-state index contributed by atoms with van der Waals surface area (Å²) in [5.74, 6) is 0.952. The first-order chi connectivity index (χ1) is 15.2. The number of aromatic nitrogens is 2. The van der Waals surface area contributed by atoms with E-state index in [1.807, 2.05) is 54.6 Å². The molecule has 0 radical (unpaired) electrons. The molecule has 156 valence electrons. The summed E-state index contributed by atoms with van der Waals surface area (Å²) in [4.78, 5) is 21.8. The molecular weight excluding hydrogens is 392 g/mol. The van der Waals surface area contributed by atoms with E-state index in [4.69, 9.17) is 14.2 Å². The monoisotopic (exact) mass is 414 g/mol. The van der Waals surface area contributed by atoms with Gasteiger partial charge in [0.15, 0.2) is 0 Å². The van der Waals surface area contributed by atoms with Gasteiger partial charge in [-0.25, -0.2) is 4.79 Å². The first-order valence-corrected chi connectivity index (χ1v) is 9.90. The van der Waals surface area contributed by atoms with Gasteiger partial charge in [0.25, 0.3) is 0 Å². The number of rotatable bonds is 6. The third-order valence-corrected chi connectivity index (χ3v) is 5.01. The van der Waals surface area contributed by atoms with Gasteiger partial charge in [-0.05, 0) is 25.1 Å². The highest BCUT2D eigenvalue weighted by molar-refractivity contribution is 6.07. The molecule has 0 saturated carbocycles. The van der Waals surface area contributed by atoms with E-state index in [2.05, 4.69) is 9.97 Å². The van der Waals surface area contributed by atoms with E-state index >= 15 is 0 Å². The zero-order valence-corrected chi connectivity index (χ0v) is 17.6. The minimum absolute atomic E-state index is 0.272. The molecule has 0 fully saturated rings. The lowest BCUT2D eigenvalue weighted by molar-refractivity contribution is 0.0527. The largest absolute Gasteiger partial charge is 0.496 e. The summed E-state index contributed by atoms with van der Waals surface area (Å²) in [6, 6.07) is 17.2. The first-order valence-electron chi connectivity index (χ1n) is 9.90. The maximum absolute atomic E-state index is 12.7. The van der Waals surface area contributed by atoms with Crippen LogP contribution in [0, 0.1) is 0 Å². The maximum atomic E-state index is 12.7. The Kier molecular flexibility index (Phi) is 5.80. The van der Waals surface area contributed by atoms with Crippen molar-refractivity contribution in [3.8, 4) is 33.9 Å². The van der Waals surface area contributed by atoms with Crippen molar-refractivity contribution in [2.75, 3.05) is 20.8 Å². The fourth-order valence-electron chi connectivity index (χ4n) is 3.58. The molecule has 4 aromatic rings. The van der Waals surface area contributed by atoms with E-state index in [-0.39, 0.29) is 6.61 Å². The van der Waals surface area contributed by atoms with E-state index in [0.29, 0.717) is 28.1 Å². The maximum Gasteiger partial charge on any atom is 0.340 e. The van der Waals surface area contributed by atoms with Gasteiger partial charge in [-0.2, -0.15) is 0 Å². The van der Waals surface area contributed by atoms with Gasteiger partial charge < -0.3 is 14.2 Å². The lowest BCUT2D eigenvalue weighted by Crippen LogP contribution is -2.08. The fraction of sp³-hybridized carbons (Fsp3) is 0.160. The number of fused-ring (bicyclic) bond motifs is 1. The molecule has 2 heterocycles. The second-order valence-corrected chi connectivity index (χ2v) is 6.76. The van der Waals surface area contributed by atoms with E-state index in [1.165, 1.54) is 6.20 Å². The van der Waals surface area contributed by atoms with Gasteiger partial charge in [-0.3, -0.25) is 9.97 Å². The molecule has 0 bridgehead atoms. The van der Waals surface area contributed by atoms with Crippen molar-refractivity contribution in [3.63, 3.8) is 0 Å². The predicted octanol–water partition coefficient (Wildman–Crippen LogP) is 5.16. The Hall–Kier alpha value is -3.93. The number of nitrogens with zero attached hydrogens (tertiary/aromatic N) is 2. The average Bonchev–Trinajstić information content (AvgIpc) is 2.83. The van der Waals surface area contributed by atoms with Crippen LogP contribution in [0.1, 0.15) is 17.3 Å². The van der Waals surface area contributed by atoms with Crippen LogP contribution in [0.25, 0.3) is 33.3 Å². The van der Waals surface area contributed by atoms with Crippen LogP contribution in [0.4, 0.5) is 0 Å². The molecule has 31 heavy (non-hydrogen) atoms. The van der Waals surface area contributed by atoms with Crippen molar-refractivity contribution in [1.82, 2.24) is 9.97 Å². The highest BCUT2D eigenvalue weighted by Gasteiger charge is 2.20. The van der Waals surface area contributed by atoms with Gasteiger partial charge in [0.2, 0.25) is 0 Å². The molecule has 0 aliphatic heterocycles. The smallest absolute Gasteiger partial charge is 0.340 e. The van der Waals surface area contributed by atoms with Crippen LogP contribution >= 0.6 is 0 Å². The SMILES string of the molecule is CCOC(=O)c1cnc2c(OC)cccc2c1-c1ccc(-c2ccccc2OC)cn1. The van der Waals surface area contributed by atoms with Gasteiger partial charge in [0.1, 0.15) is 17.0 Å². The Labute approximate surface area is 180 Å². The van der Waals surface area contributed by atoms with E-state index in [9.17, 15) is 4.79 Å². The second-order valence-electron chi connectivity index (χ2n) is 6.76. The van der Waals surface area contributed by atoms with Crippen molar-refractivity contribution in [1.29, 1.82) is 0 Å². The predicted molar refractivity (Wildman–Crippen MR) is 119 cm³/mol. The Balaban J connectivity index is 1.89. The number of benzene rings is 2. The topological polar surface area (TPSA) is 70.5 Å². The summed E-state index contributed by atoms with van der Waals surface area (Å²) < 4.78 is 16.2. The number of para-hydroxylation sites is 2. The summed E-state index contributed by atoms with van der Waals surface area (Å²) in [6.07, 6.45) is 3.29. The number of carbonyl (C=O) groups excluding carboxylic acids is 1. The molecule has 2 aromatic heterocycles. The van der Waals surface area contributed by atoms with Crippen molar-refractivity contribution >= 4 is 16.9 Å². The molecule has 2 aromatic carbocycles. The van der Waals surface area contributed by atoms with E-state index in [0.717, 1.165) is 22.3 Å². The number of esters is 1. The van der Waals surface area contributed by atoms with Crippen LogP contribution in [-0.4, -0.2) is 36.8 Å². The van der Waals surface area contributed by atoms with Gasteiger partial charge >= 0.3 is 5.97 Å². The molecule has 6 heteroatoms. The van der Waals surface area contributed by atoms with Crippen molar-refractivity contribution in [2.45, 2.75) is 6.92 Å². The minimum Gasteiger partial charge on any atom is -0.496 e. The Morgan fingerprint density at radius 1 is 0.871 bits per heavy atom. The van der Waals surface area contributed by atoms with Crippen LogP contribution < -0.4 is 9.47 Å². The van der Waals surface area contributed by atoms with Crippen LogP contribution in [0.2, 0.25) is 0 Å². The minimum atomic E-state index is -0.440. The molecule has 0 unspecified atom stereocenters. The molecule has 0 spiro atoms. The highest BCUT2D eigenvalue weighted by Crippen LogP contribution is 2.36. The number of hydrogen-bond donors (Lipinski definition) is 0. The van der Waals surface area contributed by atoms with Crippen LogP contribution in [0.5, 0.6) is 11.5 Å². The van der Waals surface area contributed by atoms with E-state index in [1.54, 1.807) is 27.3 Å². The Bertz CT molecular complexity index is 1240. The average molecular weight is 414 g/mol. The number of carbonyl (C=O) groups is 1.